The molecule has 0 fully saturated rings. The van der Waals surface area contributed by atoms with Gasteiger partial charge in [0.05, 0.1) is 10.2 Å². The van der Waals surface area contributed by atoms with Gasteiger partial charge in [-0.2, -0.15) is 0 Å². The van der Waals surface area contributed by atoms with Gasteiger partial charge in [0.2, 0.25) is 5.91 Å². The quantitative estimate of drug-likeness (QED) is 0.758. The summed E-state index contributed by atoms with van der Waals surface area (Å²) in [5.74, 6) is -0.565. The Labute approximate surface area is 133 Å². The average molecular weight is 320 g/mol. The highest BCUT2D eigenvalue weighted by Gasteiger charge is 2.22. The van der Waals surface area contributed by atoms with Crippen LogP contribution in [-0.2, 0) is 9.59 Å². The molecule has 0 saturated heterocycles. The van der Waals surface area contributed by atoms with Crippen molar-refractivity contribution in [3.63, 3.8) is 0 Å². The standard InChI is InChI=1S/C15H20N4O2S/c1-9(12(20)18-19-13(21)15(2,3)4)16-14-17-10-7-5-6-8-11(10)22-14/h5-9H,1-4H3,(H,16,17)(H,18,20)(H,19,21). The summed E-state index contributed by atoms with van der Waals surface area (Å²) in [5.41, 5.74) is 5.17. The molecule has 6 nitrogen and oxygen atoms in total. The number of nitrogens with one attached hydrogen (secondary N) is 3. The number of amides is 2. The maximum atomic E-state index is 12.0. The second-order valence-corrected chi connectivity index (χ2v) is 7.08. The predicted molar refractivity (Wildman–Crippen MR) is 88.4 cm³/mol. The predicted octanol–water partition coefficient (Wildman–Crippen LogP) is 2.29. The number of fused-ring (bicyclic) bond motifs is 1. The van der Waals surface area contributed by atoms with E-state index in [2.05, 4.69) is 21.2 Å². The number of rotatable bonds is 3. The van der Waals surface area contributed by atoms with Crippen molar-refractivity contribution < 1.29 is 9.59 Å². The van der Waals surface area contributed by atoms with E-state index in [1.54, 1.807) is 27.7 Å². The number of hydrogen-bond acceptors (Lipinski definition) is 5. The SMILES string of the molecule is CC(Nc1nc2ccccc2s1)C(=O)NNC(=O)C(C)(C)C. The first-order valence-electron chi connectivity index (χ1n) is 7.00. The molecule has 22 heavy (non-hydrogen) atoms. The summed E-state index contributed by atoms with van der Waals surface area (Å²) in [6.45, 7) is 7.04. The minimum atomic E-state index is -0.559. The van der Waals surface area contributed by atoms with Crippen LogP contribution in [0.15, 0.2) is 24.3 Å². The fourth-order valence-corrected chi connectivity index (χ4v) is 2.55. The van der Waals surface area contributed by atoms with Gasteiger partial charge in [0.15, 0.2) is 5.13 Å². The van der Waals surface area contributed by atoms with Gasteiger partial charge in [-0.1, -0.05) is 44.2 Å². The van der Waals surface area contributed by atoms with E-state index in [9.17, 15) is 9.59 Å². The largest absolute Gasteiger partial charge is 0.350 e. The number of para-hydroxylation sites is 1. The number of carbonyl (C=O) groups excluding carboxylic acids is 2. The minimum absolute atomic E-state index is 0.243. The van der Waals surface area contributed by atoms with Gasteiger partial charge in [0, 0.05) is 5.41 Å². The van der Waals surface area contributed by atoms with Crippen molar-refractivity contribution in [3.05, 3.63) is 24.3 Å². The van der Waals surface area contributed by atoms with Crippen LogP contribution >= 0.6 is 11.3 Å². The molecule has 0 spiro atoms. The van der Waals surface area contributed by atoms with Gasteiger partial charge in [0.1, 0.15) is 6.04 Å². The number of carbonyl (C=O) groups is 2. The summed E-state index contributed by atoms with van der Waals surface area (Å²) in [4.78, 5) is 28.1. The monoisotopic (exact) mass is 320 g/mol. The van der Waals surface area contributed by atoms with Crippen molar-refractivity contribution >= 4 is 38.5 Å². The smallest absolute Gasteiger partial charge is 0.260 e. The lowest BCUT2D eigenvalue weighted by molar-refractivity contribution is -0.133. The van der Waals surface area contributed by atoms with Crippen molar-refractivity contribution in [2.45, 2.75) is 33.7 Å². The highest BCUT2D eigenvalue weighted by molar-refractivity contribution is 7.22. The Bertz CT molecular complexity index is 657. The van der Waals surface area contributed by atoms with Gasteiger partial charge >= 0.3 is 0 Å². The zero-order chi connectivity index (χ0) is 16.3. The fraction of sp³-hybridized carbons (Fsp3) is 0.400. The Morgan fingerprint density at radius 2 is 1.86 bits per heavy atom. The van der Waals surface area contributed by atoms with Crippen LogP contribution in [-0.4, -0.2) is 22.8 Å². The summed E-state index contributed by atoms with van der Waals surface area (Å²) in [6, 6.07) is 7.25. The van der Waals surface area contributed by atoms with Crippen LogP contribution in [0.25, 0.3) is 10.2 Å². The third-order valence-corrected chi connectivity index (χ3v) is 3.98. The van der Waals surface area contributed by atoms with Gasteiger partial charge in [-0.05, 0) is 19.1 Å². The second-order valence-electron chi connectivity index (χ2n) is 6.05. The number of hydrogen-bond donors (Lipinski definition) is 3. The van der Waals surface area contributed by atoms with E-state index in [1.807, 2.05) is 24.3 Å². The van der Waals surface area contributed by atoms with Crippen LogP contribution in [0, 0.1) is 5.41 Å². The third-order valence-electron chi connectivity index (χ3n) is 3.01. The van der Waals surface area contributed by atoms with Gasteiger partial charge < -0.3 is 5.32 Å². The Morgan fingerprint density at radius 3 is 2.50 bits per heavy atom. The Kier molecular flexibility index (Phi) is 4.65. The Hall–Kier alpha value is -2.15. The number of hydrazine groups is 1. The van der Waals surface area contributed by atoms with Gasteiger partial charge in [-0.3, -0.25) is 20.4 Å². The molecule has 1 atom stereocenters. The lowest BCUT2D eigenvalue weighted by Crippen LogP contribution is -2.50. The molecule has 2 amide bonds. The van der Waals surface area contributed by atoms with Crippen LogP contribution in [0.4, 0.5) is 5.13 Å². The van der Waals surface area contributed by atoms with Crippen molar-refractivity contribution in [2.24, 2.45) is 5.41 Å². The Morgan fingerprint density at radius 1 is 1.18 bits per heavy atom. The minimum Gasteiger partial charge on any atom is -0.350 e. The zero-order valence-corrected chi connectivity index (χ0v) is 13.9. The lowest BCUT2D eigenvalue weighted by atomic mass is 9.96. The van der Waals surface area contributed by atoms with Crippen molar-refractivity contribution in [1.29, 1.82) is 0 Å². The first kappa shape index (κ1) is 16.2. The molecule has 0 radical (unpaired) electrons. The summed E-state index contributed by atoms with van der Waals surface area (Å²) < 4.78 is 1.05. The fourth-order valence-electron chi connectivity index (χ4n) is 1.60. The molecule has 2 rings (SSSR count). The highest BCUT2D eigenvalue weighted by atomic mass is 32.1. The van der Waals surface area contributed by atoms with Gasteiger partial charge in [0.25, 0.3) is 5.91 Å². The first-order valence-corrected chi connectivity index (χ1v) is 7.81. The number of benzene rings is 1. The third kappa shape index (κ3) is 3.94. The maximum Gasteiger partial charge on any atom is 0.260 e. The van der Waals surface area contributed by atoms with E-state index in [0.29, 0.717) is 5.13 Å². The van der Waals surface area contributed by atoms with Crippen LogP contribution in [0.3, 0.4) is 0 Å². The van der Waals surface area contributed by atoms with E-state index in [1.165, 1.54) is 11.3 Å². The molecule has 0 aliphatic carbocycles. The normalized spacial score (nSPS) is 12.7. The number of thiazole rings is 1. The summed E-state index contributed by atoms with van der Waals surface area (Å²) in [6.07, 6.45) is 0. The molecule has 1 heterocycles. The molecule has 1 unspecified atom stereocenters. The van der Waals surface area contributed by atoms with Crippen LogP contribution in [0.2, 0.25) is 0 Å². The summed E-state index contributed by atoms with van der Waals surface area (Å²) in [7, 11) is 0. The molecule has 3 N–H and O–H groups in total. The van der Waals surface area contributed by atoms with Gasteiger partial charge in [-0.25, -0.2) is 4.98 Å². The Balaban J connectivity index is 1.92. The second kappa shape index (κ2) is 6.31. The van der Waals surface area contributed by atoms with Crippen LogP contribution < -0.4 is 16.2 Å². The van der Waals surface area contributed by atoms with E-state index >= 15 is 0 Å². The molecule has 1 aromatic heterocycles. The highest BCUT2D eigenvalue weighted by Crippen LogP contribution is 2.25. The molecule has 0 bridgehead atoms. The lowest BCUT2D eigenvalue weighted by Gasteiger charge is -2.19. The molecule has 0 aliphatic rings. The van der Waals surface area contributed by atoms with Crippen molar-refractivity contribution in [3.8, 4) is 0 Å². The van der Waals surface area contributed by atoms with E-state index < -0.39 is 11.5 Å². The molecular formula is C15H20N4O2S. The van der Waals surface area contributed by atoms with Crippen LogP contribution in [0.5, 0.6) is 0 Å². The van der Waals surface area contributed by atoms with Crippen molar-refractivity contribution in [2.75, 3.05) is 5.32 Å². The average Bonchev–Trinajstić information content (AvgIpc) is 2.85. The molecule has 0 aliphatic heterocycles. The van der Waals surface area contributed by atoms with E-state index in [-0.39, 0.29) is 11.8 Å². The summed E-state index contributed by atoms with van der Waals surface area (Å²) in [5, 5.41) is 3.71. The molecule has 1 aromatic carbocycles. The van der Waals surface area contributed by atoms with Gasteiger partial charge in [-0.15, -0.1) is 0 Å². The molecular weight excluding hydrogens is 300 g/mol. The zero-order valence-electron chi connectivity index (χ0n) is 13.1. The molecule has 7 heteroatoms. The molecule has 2 aromatic rings. The summed E-state index contributed by atoms with van der Waals surface area (Å²) >= 11 is 1.48. The molecule has 0 saturated carbocycles. The number of anilines is 1. The molecule has 118 valence electrons. The maximum absolute atomic E-state index is 12.0. The van der Waals surface area contributed by atoms with E-state index in [0.717, 1.165) is 10.2 Å². The number of aromatic nitrogens is 1. The van der Waals surface area contributed by atoms with E-state index in [4.69, 9.17) is 0 Å². The first-order chi connectivity index (χ1) is 10.3. The van der Waals surface area contributed by atoms with Crippen molar-refractivity contribution in [1.82, 2.24) is 15.8 Å². The topological polar surface area (TPSA) is 83.1 Å². The number of nitrogens with zero attached hydrogens (tertiary/aromatic N) is 1. The van der Waals surface area contributed by atoms with Crippen LogP contribution in [0.1, 0.15) is 27.7 Å².